The fourth-order valence-electron chi connectivity index (χ4n) is 3.93. The molecule has 4 rings (SSSR count). The van der Waals surface area contributed by atoms with Crippen LogP contribution >= 0.6 is 11.8 Å². The lowest BCUT2D eigenvalue weighted by molar-refractivity contribution is -0.128. The minimum Gasteiger partial charge on any atom is -0.495 e. The number of hydrogen-bond acceptors (Lipinski definition) is 5. The third-order valence-electron chi connectivity index (χ3n) is 5.60. The van der Waals surface area contributed by atoms with Crippen LogP contribution in [0.1, 0.15) is 31.2 Å². The number of rotatable bonds is 5. The molecule has 0 radical (unpaired) electrons. The zero-order chi connectivity index (χ0) is 21.8. The number of ether oxygens (including phenoxy) is 1. The van der Waals surface area contributed by atoms with Crippen LogP contribution in [0.4, 0.5) is 0 Å². The second-order valence-corrected chi connectivity index (χ2v) is 8.75. The smallest absolute Gasteiger partial charge is 0.266 e. The fourth-order valence-corrected chi connectivity index (χ4v) is 4.84. The average Bonchev–Trinajstić information content (AvgIpc) is 3.07. The number of thioether (sulfide) groups is 1. The van der Waals surface area contributed by atoms with E-state index in [0.717, 1.165) is 31.5 Å². The van der Waals surface area contributed by atoms with Crippen LogP contribution in [0.3, 0.4) is 0 Å². The topological polar surface area (TPSA) is 64.4 Å². The molecule has 0 spiro atoms. The van der Waals surface area contributed by atoms with Crippen LogP contribution in [0.5, 0.6) is 5.75 Å². The summed E-state index contributed by atoms with van der Waals surface area (Å²) in [5.74, 6) is 0.932. The van der Waals surface area contributed by atoms with Crippen molar-refractivity contribution in [3.05, 3.63) is 58.4 Å². The van der Waals surface area contributed by atoms with Gasteiger partial charge in [-0.3, -0.25) is 14.2 Å². The van der Waals surface area contributed by atoms with Crippen LogP contribution in [-0.2, 0) is 4.79 Å². The molecule has 0 unspecified atom stereocenters. The first-order chi connectivity index (χ1) is 15.1. The predicted octanol–water partition coefficient (Wildman–Crippen LogP) is 4.20. The number of likely N-dealkylation sites (tertiary alicyclic amines) is 1. The van der Waals surface area contributed by atoms with E-state index in [2.05, 4.69) is 0 Å². The average molecular weight is 438 g/mol. The van der Waals surface area contributed by atoms with Crippen molar-refractivity contribution in [3.63, 3.8) is 0 Å². The summed E-state index contributed by atoms with van der Waals surface area (Å²) in [5, 5.41) is 1.03. The molecule has 1 amide bonds. The van der Waals surface area contributed by atoms with Crippen molar-refractivity contribution in [1.82, 2.24) is 14.5 Å². The molecule has 31 heavy (non-hydrogen) atoms. The highest BCUT2D eigenvalue weighted by Crippen LogP contribution is 2.28. The molecule has 1 aliphatic heterocycles. The lowest BCUT2D eigenvalue weighted by Crippen LogP contribution is -2.33. The number of amides is 1. The zero-order valence-corrected chi connectivity index (χ0v) is 18.8. The number of benzene rings is 2. The molecule has 2 heterocycles. The van der Waals surface area contributed by atoms with E-state index >= 15 is 0 Å². The van der Waals surface area contributed by atoms with E-state index in [1.165, 1.54) is 24.6 Å². The lowest BCUT2D eigenvalue weighted by atomic mass is 10.2. The second-order valence-electron chi connectivity index (χ2n) is 7.81. The quantitative estimate of drug-likeness (QED) is 0.442. The number of aromatic nitrogens is 2. The fraction of sp³-hybridized carbons (Fsp3) is 0.375. The Morgan fingerprint density at radius 3 is 2.58 bits per heavy atom. The summed E-state index contributed by atoms with van der Waals surface area (Å²) in [6, 6.07) is 13.0. The Hall–Kier alpha value is -2.80. The normalized spacial score (nSPS) is 14.5. The van der Waals surface area contributed by atoms with E-state index in [0.29, 0.717) is 27.5 Å². The van der Waals surface area contributed by atoms with Gasteiger partial charge in [0.15, 0.2) is 5.16 Å². The Kier molecular flexibility index (Phi) is 6.61. The maximum absolute atomic E-state index is 13.5. The molecule has 3 aromatic rings. The molecule has 1 saturated heterocycles. The zero-order valence-electron chi connectivity index (χ0n) is 18.0. The van der Waals surface area contributed by atoms with Gasteiger partial charge < -0.3 is 9.64 Å². The minimum atomic E-state index is -0.167. The largest absolute Gasteiger partial charge is 0.495 e. The Labute approximate surface area is 186 Å². The first-order valence-corrected chi connectivity index (χ1v) is 11.6. The molecule has 7 heteroatoms. The van der Waals surface area contributed by atoms with Crippen LogP contribution in [0.2, 0.25) is 0 Å². The van der Waals surface area contributed by atoms with Crippen molar-refractivity contribution in [2.45, 2.75) is 37.8 Å². The Morgan fingerprint density at radius 2 is 1.84 bits per heavy atom. The monoisotopic (exact) mass is 437 g/mol. The predicted molar refractivity (Wildman–Crippen MR) is 124 cm³/mol. The minimum absolute atomic E-state index is 0.0945. The number of nitrogens with zero attached hydrogens (tertiary/aromatic N) is 3. The SMILES string of the molecule is COc1ccc(C)cc1-n1c(SCC(=O)N2CCCCCC2)nc2ccccc2c1=O. The maximum atomic E-state index is 13.5. The van der Waals surface area contributed by atoms with Gasteiger partial charge >= 0.3 is 0 Å². The van der Waals surface area contributed by atoms with E-state index < -0.39 is 0 Å². The molecule has 1 aromatic heterocycles. The van der Waals surface area contributed by atoms with Crippen molar-refractivity contribution in [3.8, 4) is 11.4 Å². The molecule has 1 aliphatic rings. The number of methoxy groups -OCH3 is 1. The van der Waals surface area contributed by atoms with Crippen molar-refractivity contribution in [1.29, 1.82) is 0 Å². The summed E-state index contributed by atoms with van der Waals surface area (Å²) in [6.07, 6.45) is 4.46. The molecule has 2 aromatic carbocycles. The van der Waals surface area contributed by atoms with Gasteiger partial charge in [0.1, 0.15) is 5.75 Å². The van der Waals surface area contributed by atoms with Crippen molar-refractivity contribution in [2.24, 2.45) is 0 Å². The lowest BCUT2D eigenvalue weighted by Gasteiger charge is -2.21. The second kappa shape index (κ2) is 9.56. The standard InChI is InChI=1S/C24H27N3O3S/c1-17-11-12-21(30-2)20(15-17)27-23(29)18-9-5-6-10-19(18)25-24(27)31-16-22(28)26-13-7-3-4-8-14-26/h5-6,9-12,15H,3-4,7-8,13-14,16H2,1-2H3. The van der Waals surface area contributed by atoms with Gasteiger partial charge in [-0.05, 0) is 49.6 Å². The van der Waals surface area contributed by atoms with Crippen LogP contribution in [0.25, 0.3) is 16.6 Å². The third-order valence-corrected chi connectivity index (χ3v) is 6.53. The third kappa shape index (κ3) is 4.61. The highest BCUT2D eigenvalue weighted by Gasteiger charge is 2.20. The maximum Gasteiger partial charge on any atom is 0.266 e. The molecule has 6 nitrogen and oxygen atoms in total. The molecule has 0 bridgehead atoms. The molecule has 0 aliphatic carbocycles. The van der Waals surface area contributed by atoms with Crippen LogP contribution < -0.4 is 10.3 Å². The van der Waals surface area contributed by atoms with Crippen molar-refractivity contribution >= 4 is 28.6 Å². The first kappa shape index (κ1) is 21.4. The van der Waals surface area contributed by atoms with Gasteiger partial charge in [0, 0.05) is 13.1 Å². The van der Waals surface area contributed by atoms with Gasteiger partial charge in [-0.1, -0.05) is 42.8 Å². The molecule has 0 N–H and O–H groups in total. The van der Waals surface area contributed by atoms with Gasteiger partial charge in [-0.25, -0.2) is 4.98 Å². The Bertz CT molecular complexity index is 1150. The van der Waals surface area contributed by atoms with Gasteiger partial charge in [-0.15, -0.1) is 0 Å². The number of carbonyl (C=O) groups is 1. The number of carbonyl (C=O) groups excluding carboxylic acids is 1. The van der Waals surface area contributed by atoms with Gasteiger partial charge in [0.05, 0.1) is 29.5 Å². The molecular weight excluding hydrogens is 410 g/mol. The number of para-hydroxylation sites is 1. The Morgan fingerprint density at radius 1 is 1.10 bits per heavy atom. The summed E-state index contributed by atoms with van der Waals surface area (Å²) in [5.41, 5.74) is 2.10. The van der Waals surface area contributed by atoms with Gasteiger partial charge in [0.25, 0.3) is 5.56 Å². The van der Waals surface area contributed by atoms with Gasteiger partial charge in [0.2, 0.25) is 5.91 Å². The van der Waals surface area contributed by atoms with Crippen LogP contribution in [0.15, 0.2) is 52.4 Å². The number of fused-ring (bicyclic) bond motifs is 1. The first-order valence-electron chi connectivity index (χ1n) is 10.7. The van der Waals surface area contributed by atoms with E-state index in [9.17, 15) is 9.59 Å². The summed E-state index contributed by atoms with van der Waals surface area (Å²) in [7, 11) is 1.59. The van der Waals surface area contributed by atoms with Crippen molar-refractivity contribution < 1.29 is 9.53 Å². The molecular formula is C24H27N3O3S. The summed E-state index contributed by atoms with van der Waals surface area (Å²) >= 11 is 1.31. The summed E-state index contributed by atoms with van der Waals surface area (Å²) < 4.78 is 7.12. The highest BCUT2D eigenvalue weighted by molar-refractivity contribution is 7.99. The molecule has 0 saturated carbocycles. The van der Waals surface area contributed by atoms with E-state index in [4.69, 9.17) is 9.72 Å². The van der Waals surface area contributed by atoms with E-state index in [-0.39, 0.29) is 17.2 Å². The summed E-state index contributed by atoms with van der Waals surface area (Å²) in [4.78, 5) is 33.0. The van der Waals surface area contributed by atoms with Crippen LogP contribution in [0, 0.1) is 6.92 Å². The molecule has 162 valence electrons. The van der Waals surface area contributed by atoms with E-state index in [1.807, 2.05) is 48.2 Å². The molecule has 0 atom stereocenters. The van der Waals surface area contributed by atoms with Gasteiger partial charge in [-0.2, -0.15) is 0 Å². The Balaban J connectivity index is 1.75. The molecule has 1 fully saturated rings. The number of hydrogen-bond donors (Lipinski definition) is 0. The van der Waals surface area contributed by atoms with Crippen LogP contribution in [-0.4, -0.2) is 46.3 Å². The summed E-state index contributed by atoms with van der Waals surface area (Å²) in [6.45, 7) is 3.59. The van der Waals surface area contributed by atoms with Crippen molar-refractivity contribution in [2.75, 3.05) is 26.0 Å². The number of aryl methyl sites for hydroxylation is 1. The van der Waals surface area contributed by atoms with E-state index in [1.54, 1.807) is 17.7 Å². The highest BCUT2D eigenvalue weighted by atomic mass is 32.2.